The average molecular weight is 432 g/mol. The predicted octanol–water partition coefficient (Wildman–Crippen LogP) is 5.24. The lowest BCUT2D eigenvalue weighted by Crippen LogP contribution is -2.29. The molecule has 2 aromatic heterocycles. The van der Waals surface area contributed by atoms with Crippen molar-refractivity contribution < 1.29 is 0 Å². The maximum atomic E-state index is 5.84. The summed E-state index contributed by atoms with van der Waals surface area (Å²) in [6.07, 6.45) is 11.6. The first-order chi connectivity index (χ1) is 15.1. The molecular weight excluding hydrogens is 402 g/mol. The molecule has 0 amide bonds. The Hall–Kier alpha value is -2.86. The maximum Gasteiger partial charge on any atom is 0.174 e. The number of nitrogens with one attached hydrogen (secondary N) is 1. The highest BCUT2D eigenvalue weighted by molar-refractivity contribution is 7.80. The molecule has 2 atom stereocenters. The highest BCUT2D eigenvalue weighted by Gasteiger charge is 2.41. The normalized spacial score (nSPS) is 21.5. The lowest BCUT2D eigenvalue weighted by atomic mass is 9.98. The van der Waals surface area contributed by atoms with E-state index in [1.165, 1.54) is 36.9 Å². The third kappa shape index (κ3) is 3.81. The van der Waals surface area contributed by atoms with Crippen LogP contribution in [-0.2, 0) is 0 Å². The van der Waals surface area contributed by atoms with E-state index in [1.807, 2.05) is 18.3 Å². The standard InChI is InChI=1S/C25H29N5S/c1-28(2)19-10-12-21(13-11-19)30-24(18-14-16-29(17-18)20-7-3-4-8-20)23(27-25(30)31)22-9-5-6-15-26-22/h5-6,9-17,20,23-24H,3-4,7-8H2,1-2H3,(H,27,31). The highest BCUT2D eigenvalue weighted by atomic mass is 32.1. The number of anilines is 2. The molecule has 5 nitrogen and oxygen atoms in total. The van der Waals surface area contributed by atoms with Gasteiger partial charge in [-0.05, 0) is 73.1 Å². The Morgan fingerprint density at radius 3 is 2.48 bits per heavy atom. The fraction of sp³-hybridized carbons (Fsp3) is 0.360. The first-order valence-electron chi connectivity index (χ1n) is 11.1. The summed E-state index contributed by atoms with van der Waals surface area (Å²) >= 11 is 5.84. The minimum atomic E-state index is 0.00153. The SMILES string of the molecule is CN(C)c1ccc(N2C(=S)NC(c3ccccn3)C2c2ccn(C3CCCC3)c2)cc1. The van der Waals surface area contributed by atoms with E-state index in [4.69, 9.17) is 12.2 Å². The van der Waals surface area contributed by atoms with Gasteiger partial charge in [0, 0.05) is 50.1 Å². The van der Waals surface area contributed by atoms with Crippen LogP contribution >= 0.6 is 12.2 Å². The van der Waals surface area contributed by atoms with Gasteiger partial charge in [-0.25, -0.2) is 0 Å². The number of thiocarbonyl (C=S) groups is 1. The van der Waals surface area contributed by atoms with E-state index in [0.717, 1.165) is 16.5 Å². The fourth-order valence-corrected chi connectivity index (χ4v) is 5.26. The van der Waals surface area contributed by atoms with Gasteiger partial charge in [-0.15, -0.1) is 0 Å². The number of aromatic nitrogens is 2. The van der Waals surface area contributed by atoms with Gasteiger partial charge in [-0.2, -0.15) is 0 Å². The molecule has 1 aliphatic carbocycles. The Balaban J connectivity index is 1.54. The van der Waals surface area contributed by atoms with Crippen LogP contribution in [0, 0.1) is 0 Å². The maximum absolute atomic E-state index is 5.84. The van der Waals surface area contributed by atoms with Crippen molar-refractivity contribution in [2.75, 3.05) is 23.9 Å². The summed E-state index contributed by atoms with van der Waals surface area (Å²) in [5, 5.41) is 4.30. The van der Waals surface area contributed by atoms with Crippen LogP contribution in [0.15, 0.2) is 67.1 Å². The van der Waals surface area contributed by atoms with Gasteiger partial charge in [0.1, 0.15) is 0 Å². The van der Waals surface area contributed by atoms with E-state index < -0.39 is 0 Å². The summed E-state index contributed by atoms with van der Waals surface area (Å²) in [5.74, 6) is 0. The minimum Gasteiger partial charge on any atom is -0.378 e. The Labute approximate surface area is 189 Å². The van der Waals surface area contributed by atoms with Crippen molar-refractivity contribution in [1.29, 1.82) is 0 Å². The van der Waals surface area contributed by atoms with Crippen molar-refractivity contribution >= 4 is 28.7 Å². The average Bonchev–Trinajstić information content (AvgIpc) is 3.54. The lowest BCUT2D eigenvalue weighted by Gasteiger charge is -2.28. The smallest absolute Gasteiger partial charge is 0.174 e. The third-order valence-corrected chi connectivity index (χ3v) is 6.88. The summed E-state index contributed by atoms with van der Waals surface area (Å²) in [6.45, 7) is 0. The van der Waals surface area contributed by atoms with Crippen LogP contribution in [0.25, 0.3) is 0 Å². The van der Waals surface area contributed by atoms with Crippen LogP contribution in [0.3, 0.4) is 0 Å². The zero-order chi connectivity index (χ0) is 21.4. The van der Waals surface area contributed by atoms with Gasteiger partial charge in [0.15, 0.2) is 5.11 Å². The monoisotopic (exact) mass is 431 g/mol. The number of hydrogen-bond acceptors (Lipinski definition) is 3. The number of benzene rings is 1. The van der Waals surface area contributed by atoms with E-state index in [2.05, 4.69) is 87.6 Å². The number of nitrogens with zero attached hydrogens (tertiary/aromatic N) is 4. The fourth-order valence-electron chi connectivity index (χ4n) is 4.92. The van der Waals surface area contributed by atoms with Crippen LogP contribution in [-0.4, -0.2) is 28.8 Å². The summed E-state index contributed by atoms with van der Waals surface area (Å²) in [4.78, 5) is 9.02. The number of hydrogen-bond donors (Lipinski definition) is 1. The van der Waals surface area contributed by atoms with Crippen molar-refractivity contribution in [2.24, 2.45) is 0 Å². The van der Waals surface area contributed by atoms with E-state index >= 15 is 0 Å². The summed E-state index contributed by atoms with van der Waals surface area (Å²) < 4.78 is 2.41. The van der Waals surface area contributed by atoms with Gasteiger partial charge in [-0.3, -0.25) is 4.98 Å². The molecule has 0 bridgehead atoms. The van der Waals surface area contributed by atoms with Crippen molar-refractivity contribution in [2.45, 2.75) is 43.8 Å². The lowest BCUT2D eigenvalue weighted by molar-refractivity contribution is 0.515. The Kier molecular flexibility index (Phi) is 5.40. The highest BCUT2D eigenvalue weighted by Crippen LogP contribution is 2.42. The predicted molar refractivity (Wildman–Crippen MR) is 131 cm³/mol. The molecule has 1 saturated heterocycles. The molecule has 0 radical (unpaired) electrons. The van der Waals surface area contributed by atoms with Crippen LogP contribution < -0.4 is 15.1 Å². The molecule has 1 aromatic carbocycles. The molecule has 2 fully saturated rings. The minimum absolute atomic E-state index is 0.00153. The van der Waals surface area contributed by atoms with E-state index in [-0.39, 0.29) is 12.1 Å². The second-order valence-corrected chi connectivity index (χ2v) is 9.12. The molecule has 1 N–H and O–H groups in total. The first-order valence-corrected chi connectivity index (χ1v) is 11.5. The topological polar surface area (TPSA) is 36.3 Å². The molecule has 31 heavy (non-hydrogen) atoms. The molecule has 3 aromatic rings. The first kappa shape index (κ1) is 20.1. The zero-order valence-electron chi connectivity index (χ0n) is 18.1. The van der Waals surface area contributed by atoms with Crippen LogP contribution in [0.4, 0.5) is 11.4 Å². The Bertz CT molecular complexity index is 1040. The summed E-state index contributed by atoms with van der Waals surface area (Å²) in [5.41, 5.74) is 4.55. The zero-order valence-corrected chi connectivity index (χ0v) is 18.9. The molecule has 1 saturated carbocycles. The van der Waals surface area contributed by atoms with Crippen LogP contribution in [0.2, 0.25) is 0 Å². The van der Waals surface area contributed by atoms with E-state index in [1.54, 1.807) is 0 Å². The molecule has 3 heterocycles. The summed E-state index contributed by atoms with van der Waals surface area (Å²) in [6, 6.07) is 17.6. The van der Waals surface area contributed by atoms with E-state index in [0.29, 0.717) is 6.04 Å². The molecule has 5 rings (SSSR count). The number of rotatable bonds is 5. The van der Waals surface area contributed by atoms with Crippen molar-refractivity contribution in [3.8, 4) is 0 Å². The number of pyridine rings is 1. The second-order valence-electron chi connectivity index (χ2n) is 8.74. The van der Waals surface area contributed by atoms with Crippen molar-refractivity contribution in [3.63, 3.8) is 0 Å². The molecule has 1 aliphatic heterocycles. The van der Waals surface area contributed by atoms with Crippen molar-refractivity contribution in [1.82, 2.24) is 14.9 Å². The molecule has 2 aliphatic rings. The second kappa shape index (κ2) is 8.35. The van der Waals surface area contributed by atoms with Crippen LogP contribution in [0.5, 0.6) is 0 Å². The quantitative estimate of drug-likeness (QED) is 0.559. The Morgan fingerprint density at radius 2 is 1.81 bits per heavy atom. The van der Waals surface area contributed by atoms with Crippen LogP contribution in [0.1, 0.15) is 55.1 Å². The van der Waals surface area contributed by atoms with Crippen molar-refractivity contribution in [3.05, 3.63) is 78.4 Å². The molecule has 6 heteroatoms. The third-order valence-electron chi connectivity index (χ3n) is 6.57. The Morgan fingerprint density at radius 1 is 1.03 bits per heavy atom. The van der Waals surface area contributed by atoms with E-state index in [9.17, 15) is 0 Å². The molecule has 2 unspecified atom stereocenters. The van der Waals surface area contributed by atoms with Gasteiger partial charge in [0.05, 0.1) is 17.8 Å². The molecule has 0 spiro atoms. The molecule has 160 valence electrons. The largest absolute Gasteiger partial charge is 0.378 e. The molecular formula is C25H29N5S. The van der Waals surface area contributed by atoms with Gasteiger partial charge in [-0.1, -0.05) is 18.9 Å². The van der Waals surface area contributed by atoms with Gasteiger partial charge >= 0.3 is 0 Å². The van der Waals surface area contributed by atoms with Gasteiger partial charge in [0.2, 0.25) is 0 Å². The van der Waals surface area contributed by atoms with Gasteiger partial charge in [0.25, 0.3) is 0 Å². The van der Waals surface area contributed by atoms with Gasteiger partial charge < -0.3 is 19.7 Å². The summed E-state index contributed by atoms with van der Waals surface area (Å²) in [7, 11) is 4.12.